The Morgan fingerprint density at radius 2 is 2.00 bits per heavy atom. The summed E-state index contributed by atoms with van der Waals surface area (Å²) < 4.78 is 0.973. The number of aromatic nitrogens is 1. The van der Waals surface area contributed by atoms with Crippen LogP contribution in [0.5, 0.6) is 0 Å². The van der Waals surface area contributed by atoms with E-state index in [4.69, 9.17) is 5.73 Å². The maximum Gasteiger partial charge on any atom is 0.259 e. The maximum atomic E-state index is 12.0. The smallest absolute Gasteiger partial charge is 0.259 e. The Labute approximate surface area is 112 Å². The monoisotopic (exact) mass is 339 g/mol. The predicted octanol–water partition coefficient (Wildman–Crippen LogP) is 2.52. The SMILES string of the molecule is Nc1ncccc1C(=O)Nc1ccccc1I. The number of anilines is 2. The van der Waals surface area contributed by atoms with Crippen molar-refractivity contribution in [3.8, 4) is 0 Å². The summed E-state index contributed by atoms with van der Waals surface area (Å²) in [6, 6.07) is 10.9. The Morgan fingerprint density at radius 1 is 1.24 bits per heavy atom. The number of nitrogen functional groups attached to an aromatic ring is 1. The highest BCUT2D eigenvalue weighted by molar-refractivity contribution is 14.1. The molecule has 4 nitrogen and oxygen atoms in total. The van der Waals surface area contributed by atoms with E-state index in [0.29, 0.717) is 5.56 Å². The molecule has 1 heterocycles. The summed E-state index contributed by atoms with van der Waals surface area (Å²) in [4.78, 5) is 15.8. The van der Waals surface area contributed by atoms with Gasteiger partial charge in [-0.2, -0.15) is 0 Å². The third-order valence-corrected chi connectivity index (χ3v) is 3.15. The molecule has 0 saturated heterocycles. The van der Waals surface area contributed by atoms with Crippen molar-refractivity contribution in [1.82, 2.24) is 4.98 Å². The fraction of sp³-hybridized carbons (Fsp3) is 0. The van der Waals surface area contributed by atoms with Crippen molar-refractivity contribution < 1.29 is 4.79 Å². The van der Waals surface area contributed by atoms with Crippen LogP contribution in [0, 0.1) is 3.57 Å². The lowest BCUT2D eigenvalue weighted by Crippen LogP contribution is -2.15. The molecule has 0 aliphatic carbocycles. The van der Waals surface area contributed by atoms with Crippen LogP contribution in [0.3, 0.4) is 0 Å². The first-order valence-electron chi connectivity index (χ1n) is 4.95. The number of hydrogen-bond acceptors (Lipinski definition) is 3. The molecule has 1 aromatic carbocycles. The molecule has 0 aliphatic heterocycles. The third kappa shape index (κ3) is 2.73. The first kappa shape index (κ1) is 11.8. The van der Waals surface area contributed by atoms with Crippen LogP contribution in [0.4, 0.5) is 11.5 Å². The van der Waals surface area contributed by atoms with Crippen molar-refractivity contribution in [1.29, 1.82) is 0 Å². The molecule has 0 saturated carbocycles. The second-order valence-electron chi connectivity index (χ2n) is 3.37. The number of carbonyl (C=O) groups excluding carboxylic acids is 1. The van der Waals surface area contributed by atoms with Crippen LogP contribution in [0.15, 0.2) is 42.6 Å². The number of nitrogens with two attached hydrogens (primary N) is 1. The van der Waals surface area contributed by atoms with Crippen LogP contribution in [-0.4, -0.2) is 10.9 Å². The molecular weight excluding hydrogens is 329 g/mol. The van der Waals surface area contributed by atoms with Crippen LogP contribution >= 0.6 is 22.6 Å². The number of benzene rings is 1. The van der Waals surface area contributed by atoms with Gasteiger partial charge in [-0.15, -0.1) is 0 Å². The largest absolute Gasteiger partial charge is 0.383 e. The molecule has 0 fully saturated rings. The van der Waals surface area contributed by atoms with Crippen LogP contribution in [0.25, 0.3) is 0 Å². The van der Waals surface area contributed by atoms with Crippen LogP contribution in [-0.2, 0) is 0 Å². The number of pyridine rings is 1. The lowest BCUT2D eigenvalue weighted by atomic mass is 10.2. The first-order valence-corrected chi connectivity index (χ1v) is 6.03. The van der Waals surface area contributed by atoms with Crippen molar-refractivity contribution in [3.05, 3.63) is 51.7 Å². The maximum absolute atomic E-state index is 12.0. The minimum Gasteiger partial charge on any atom is -0.383 e. The van der Waals surface area contributed by atoms with Gasteiger partial charge in [-0.1, -0.05) is 12.1 Å². The highest BCUT2D eigenvalue weighted by atomic mass is 127. The standard InChI is InChI=1S/C12H10IN3O/c13-9-5-1-2-6-10(9)16-12(17)8-4-3-7-15-11(8)14/h1-7H,(H2,14,15)(H,16,17). The number of nitrogens with one attached hydrogen (secondary N) is 1. The molecule has 1 aromatic heterocycles. The second-order valence-corrected chi connectivity index (χ2v) is 4.53. The molecule has 2 rings (SSSR count). The van der Waals surface area contributed by atoms with Gasteiger partial charge in [0.15, 0.2) is 0 Å². The Bertz CT molecular complexity index is 557. The van der Waals surface area contributed by atoms with Gasteiger partial charge in [-0.05, 0) is 46.9 Å². The Morgan fingerprint density at radius 3 is 2.71 bits per heavy atom. The van der Waals surface area contributed by atoms with Crippen molar-refractivity contribution in [2.75, 3.05) is 11.1 Å². The zero-order valence-electron chi connectivity index (χ0n) is 8.85. The zero-order valence-corrected chi connectivity index (χ0v) is 11.0. The molecule has 0 bridgehead atoms. The number of para-hydroxylation sites is 1. The lowest BCUT2D eigenvalue weighted by Gasteiger charge is -2.08. The molecule has 0 aliphatic rings. The average Bonchev–Trinajstić information content (AvgIpc) is 2.32. The van der Waals surface area contributed by atoms with Gasteiger partial charge >= 0.3 is 0 Å². The van der Waals surface area contributed by atoms with Gasteiger partial charge in [-0.25, -0.2) is 4.98 Å². The van der Waals surface area contributed by atoms with Crippen LogP contribution < -0.4 is 11.1 Å². The summed E-state index contributed by atoms with van der Waals surface area (Å²) in [5, 5.41) is 2.80. The molecule has 86 valence electrons. The van der Waals surface area contributed by atoms with Gasteiger partial charge in [0, 0.05) is 9.77 Å². The van der Waals surface area contributed by atoms with Gasteiger partial charge in [0.05, 0.1) is 11.3 Å². The topological polar surface area (TPSA) is 68.0 Å². The summed E-state index contributed by atoms with van der Waals surface area (Å²) in [6.45, 7) is 0. The van der Waals surface area contributed by atoms with E-state index in [2.05, 4.69) is 32.9 Å². The van der Waals surface area contributed by atoms with E-state index in [9.17, 15) is 4.79 Å². The molecule has 1 amide bonds. The van der Waals surface area contributed by atoms with Gasteiger partial charge in [0.1, 0.15) is 5.82 Å². The Kier molecular flexibility index (Phi) is 3.58. The van der Waals surface area contributed by atoms with Crippen molar-refractivity contribution in [2.45, 2.75) is 0 Å². The summed E-state index contributed by atoms with van der Waals surface area (Å²) in [6.07, 6.45) is 1.55. The normalized spacial score (nSPS) is 9.94. The number of hydrogen-bond donors (Lipinski definition) is 2. The minimum absolute atomic E-state index is 0.232. The molecule has 5 heteroatoms. The summed E-state index contributed by atoms with van der Waals surface area (Å²) >= 11 is 2.16. The number of nitrogens with zero attached hydrogens (tertiary/aromatic N) is 1. The Balaban J connectivity index is 2.24. The van der Waals surface area contributed by atoms with Crippen LogP contribution in [0.2, 0.25) is 0 Å². The van der Waals surface area contributed by atoms with Crippen molar-refractivity contribution in [2.24, 2.45) is 0 Å². The van der Waals surface area contributed by atoms with E-state index in [1.54, 1.807) is 18.3 Å². The number of amides is 1. The van der Waals surface area contributed by atoms with Gasteiger partial charge in [0.25, 0.3) is 5.91 Å². The van der Waals surface area contributed by atoms with E-state index >= 15 is 0 Å². The predicted molar refractivity (Wildman–Crippen MR) is 75.8 cm³/mol. The summed E-state index contributed by atoms with van der Waals surface area (Å²) in [7, 11) is 0. The molecule has 0 radical (unpaired) electrons. The Hall–Kier alpha value is -1.63. The van der Waals surface area contributed by atoms with Gasteiger partial charge in [-0.3, -0.25) is 4.79 Å². The molecule has 2 aromatic rings. The summed E-state index contributed by atoms with van der Waals surface area (Å²) in [5.41, 5.74) is 6.79. The minimum atomic E-state index is -0.250. The van der Waals surface area contributed by atoms with E-state index in [1.165, 1.54) is 0 Å². The number of rotatable bonds is 2. The fourth-order valence-corrected chi connectivity index (χ4v) is 1.88. The summed E-state index contributed by atoms with van der Waals surface area (Å²) in [5.74, 6) is -0.0179. The second kappa shape index (κ2) is 5.13. The molecule has 0 spiro atoms. The molecule has 0 unspecified atom stereocenters. The first-order chi connectivity index (χ1) is 8.18. The molecule has 3 N–H and O–H groups in total. The molecule has 0 atom stereocenters. The van der Waals surface area contributed by atoms with E-state index < -0.39 is 0 Å². The van der Waals surface area contributed by atoms with Crippen molar-refractivity contribution in [3.63, 3.8) is 0 Å². The lowest BCUT2D eigenvalue weighted by molar-refractivity contribution is 0.102. The highest BCUT2D eigenvalue weighted by Crippen LogP contribution is 2.18. The fourth-order valence-electron chi connectivity index (χ4n) is 1.36. The van der Waals surface area contributed by atoms with Gasteiger partial charge in [0.2, 0.25) is 0 Å². The van der Waals surface area contributed by atoms with E-state index in [1.807, 2.05) is 24.3 Å². The quantitative estimate of drug-likeness (QED) is 0.827. The van der Waals surface area contributed by atoms with Crippen LogP contribution in [0.1, 0.15) is 10.4 Å². The van der Waals surface area contributed by atoms with E-state index in [0.717, 1.165) is 9.26 Å². The highest BCUT2D eigenvalue weighted by Gasteiger charge is 2.11. The zero-order chi connectivity index (χ0) is 12.3. The van der Waals surface area contributed by atoms with Gasteiger partial charge < -0.3 is 11.1 Å². The molecule has 17 heavy (non-hydrogen) atoms. The van der Waals surface area contributed by atoms with E-state index in [-0.39, 0.29) is 11.7 Å². The molecular formula is C12H10IN3O. The number of carbonyl (C=O) groups is 1. The average molecular weight is 339 g/mol. The number of halogens is 1. The third-order valence-electron chi connectivity index (χ3n) is 2.21. The van der Waals surface area contributed by atoms with Crippen molar-refractivity contribution >= 4 is 40.0 Å².